The van der Waals surface area contributed by atoms with Gasteiger partial charge in [-0.3, -0.25) is 10.1 Å². The molecule has 36 heavy (non-hydrogen) atoms. The molecule has 0 unspecified atom stereocenters. The van der Waals surface area contributed by atoms with Crippen LogP contribution in [0.2, 0.25) is 5.02 Å². The molecule has 0 aliphatic heterocycles. The molecule has 184 valence electrons. The van der Waals surface area contributed by atoms with Crippen LogP contribution in [0.3, 0.4) is 0 Å². The number of aliphatic hydroxyl groups is 1. The molecule has 10 heteroatoms. The van der Waals surface area contributed by atoms with Crippen LogP contribution in [0.1, 0.15) is 35.9 Å². The second kappa shape index (κ2) is 9.42. The second-order valence-electron chi connectivity index (χ2n) is 8.87. The molecular weight excluding hydrogens is 516 g/mol. The molecule has 7 nitrogen and oxygen atoms in total. The zero-order valence-electron chi connectivity index (χ0n) is 19.4. The van der Waals surface area contributed by atoms with Gasteiger partial charge in [0.15, 0.2) is 0 Å². The van der Waals surface area contributed by atoms with Crippen molar-refractivity contribution in [3.8, 4) is 11.3 Å². The van der Waals surface area contributed by atoms with Gasteiger partial charge in [0.05, 0.1) is 23.5 Å². The maximum absolute atomic E-state index is 13.2. The number of fused-ring (bicyclic) bond motifs is 1. The highest BCUT2D eigenvalue weighted by molar-refractivity contribution is 7.89. The number of hydrogen-bond acceptors (Lipinski definition) is 6. The maximum atomic E-state index is 13.2. The van der Waals surface area contributed by atoms with Crippen LogP contribution in [0.4, 0.5) is 0 Å². The lowest BCUT2D eigenvalue weighted by molar-refractivity contribution is 0.0785. The average molecular weight is 539 g/mol. The van der Waals surface area contributed by atoms with Gasteiger partial charge in [-0.1, -0.05) is 48.0 Å². The van der Waals surface area contributed by atoms with Crippen molar-refractivity contribution < 1.29 is 13.5 Å². The first kappa shape index (κ1) is 24.6. The number of aromatic nitrogens is 3. The summed E-state index contributed by atoms with van der Waals surface area (Å²) in [5.41, 5.74) is 2.00. The topological polar surface area (TPSA) is 108 Å². The molecule has 0 saturated carbocycles. The summed E-state index contributed by atoms with van der Waals surface area (Å²) in [6.45, 7) is 3.46. The van der Waals surface area contributed by atoms with Crippen LogP contribution in [0.5, 0.6) is 0 Å². The predicted molar refractivity (Wildman–Crippen MR) is 143 cm³/mol. The van der Waals surface area contributed by atoms with Gasteiger partial charge in [-0.2, -0.15) is 9.82 Å². The van der Waals surface area contributed by atoms with Crippen molar-refractivity contribution in [1.29, 1.82) is 0 Å². The normalized spacial score (nSPS) is 13.2. The Morgan fingerprint density at radius 2 is 1.92 bits per heavy atom. The molecule has 3 aromatic heterocycles. The zero-order chi connectivity index (χ0) is 25.5. The van der Waals surface area contributed by atoms with E-state index < -0.39 is 21.7 Å². The van der Waals surface area contributed by atoms with Crippen LogP contribution in [0.15, 0.2) is 84.1 Å². The van der Waals surface area contributed by atoms with Crippen LogP contribution >= 0.6 is 22.9 Å². The number of benzene rings is 2. The van der Waals surface area contributed by atoms with Crippen LogP contribution < -0.4 is 4.72 Å². The van der Waals surface area contributed by atoms with E-state index in [4.69, 9.17) is 11.6 Å². The van der Waals surface area contributed by atoms with Crippen molar-refractivity contribution >= 4 is 43.0 Å². The largest absolute Gasteiger partial charge is 0.386 e. The Morgan fingerprint density at radius 1 is 1.11 bits per heavy atom. The molecule has 2 aromatic carbocycles. The number of sulfonamides is 1. The van der Waals surface area contributed by atoms with Crippen molar-refractivity contribution in [2.24, 2.45) is 0 Å². The molecule has 0 radical (unpaired) electrons. The molecule has 0 aliphatic rings. The Labute approximate surface area is 217 Å². The van der Waals surface area contributed by atoms with Gasteiger partial charge in [0, 0.05) is 32.6 Å². The summed E-state index contributed by atoms with van der Waals surface area (Å²) in [6, 6.07) is 18.0. The van der Waals surface area contributed by atoms with Gasteiger partial charge in [-0.25, -0.2) is 8.42 Å². The number of thiophene rings is 1. The van der Waals surface area contributed by atoms with Crippen LogP contribution in [0.25, 0.3) is 21.3 Å². The van der Waals surface area contributed by atoms with E-state index in [1.807, 2.05) is 42.5 Å². The zero-order valence-corrected chi connectivity index (χ0v) is 21.8. The first-order valence-electron chi connectivity index (χ1n) is 11.1. The second-order valence-corrected chi connectivity index (χ2v) is 12.1. The number of hydrogen-bond donors (Lipinski definition) is 3. The van der Waals surface area contributed by atoms with Crippen molar-refractivity contribution in [1.82, 2.24) is 19.9 Å². The number of nitrogens with one attached hydrogen (secondary N) is 2. The molecule has 0 bridgehead atoms. The van der Waals surface area contributed by atoms with E-state index in [0.29, 0.717) is 10.6 Å². The van der Waals surface area contributed by atoms with Gasteiger partial charge in [0.1, 0.15) is 4.90 Å². The van der Waals surface area contributed by atoms with Crippen molar-refractivity contribution in [3.05, 3.63) is 100 Å². The van der Waals surface area contributed by atoms with Gasteiger partial charge in [0.25, 0.3) is 0 Å². The standard InChI is InChI=1S/C26H23ClN4O3S2/c1-26(2,32)17-10-11-28-22(13-17)20-8-5-6-16-12-23(35-25(16)20)24(19-7-3-4-9-21(19)27)31-36(33,34)18-14-29-30-15-18/h3-15,24,31-32H,1-2H3,(H,29,30)/t24-/m1/s1. The third-order valence-corrected chi connectivity index (χ3v) is 8.85. The Balaban J connectivity index is 1.65. The quantitative estimate of drug-likeness (QED) is 0.249. The van der Waals surface area contributed by atoms with Crippen molar-refractivity contribution in [3.63, 3.8) is 0 Å². The molecule has 5 aromatic rings. The Hall–Kier alpha value is -3.08. The lowest BCUT2D eigenvalue weighted by Crippen LogP contribution is -2.29. The lowest BCUT2D eigenvalue weighted by Gasteiger charge is -2.19. The lowest BCUT2D eigenvalue weighted by atomic mass is 9.97. The molecule has 0 spiro atoms. The minimum Gasteiger partial charge on any atom is -0.386 e. The van der Waals surface area contributed by atoms with Gasteiger partial charge < -0.3 is 5.11 Å². The summed E-state index contributed by atoms with van der Waals surface area (Å²) in [5.74, 6) is 0. The van der Waals surface area contributed by atoms with Crippen molar-refractivity contribution in [2.45, 2.75) is 30.4 Å². The first-order valence-corrected chi connectivity index (χ1v) is 13.8. The average Bonchev–Trinajstić information content (AvgIpc) is 3.53. The number of aromatic amines is 1. The van der Waals surface area contributed by atoms with E-state index in [-0.39, 0.29) is 4.90 Å². The molecule has 5 rings (SSSR count). The maximum Gasteiger partial charge on any atom is 0.244 e. The number of pyridine rings is 1. The van der Waals surface area contributed by atoms with Gasteiger partial charge >= 0.3 is 0 Å². The monoisotopic (exact) mass is 538 g/mol. The van der Waals surface area contributed by atoms with Gasteiger partial charge in [-0.15, -0.1) is 11.3 Å². The third-order valence-electron chi connectivity index (χ3n) is 5.86. The SMILES string of the molecule is CC(C)(O)c1ccnc(-c2cccc3cc([C@H](NS(=O)(=O)c4cn[nH]c4)c4ccccc4Cl)sc23)c1. The summed E-state index contributed by atoms with van der Waals surface area (Å²) in [4.78, 5) is 5.36. The molecule has 0 fully saturated rings. The summed E-state index contributed by atoms with van der Waals surface area (Å²) in [5, 5.41) is 18.2. The van der Waals surface area contributed by atoms with E-state index in [1.54, 1.807) is 38.2 Å². The van der Waals surface area contributed by atoms with E-state index in [1.165, 1.54) is 23.7 Å². The summed E-state index contributed by atoms with van der Waals surface area (Å²) in [7, 11) is -3.89. The fourth-order valence-corrected chi connectivity index (χ4v) is 6.65. The van der Waals surface area contributed by atoms with E-state index in [2.05, 4.69) is 19.9 Å². The third kappa shape index (κ3) is 4.80. The minimum atomic E-state index is -3.89. The highest BCUT2D eigenvalue weighted by Gasteiger charge is 2.27. The predicted octanol–water partition coefficient (Wildman–Crippen LogP) is 5.64. The molecule has 0 amide bonds. The molecule has 1 atom stereocenters. The molecule has 3 N–H and O–H groups in total. The van der Waals surface area contributed by atoms with Crippen LogP contribution in [0, 0.1) is 0 Å². The molecule has 0 saturated heterocycles. The highest BCUT2D eigenvalue weighted by Crippen LogP contribution is 2.40. The number of halogens is 1. The van der Waals surface area contributed by atoms with Gasteiger partial charge in [-0.05, 0) is 54.6 Å². The molecule has 3 heterocycles. The smallest absolute Gasteiger partial charge is 0.244 e. The fraction of sp³-hybridized carbons (Fsp3) is 0.154. The molecule has 0 aliphatic carbocycles. The summed E-state index contributed by atoms with van der Waals surface area (Å²) < 4.78 is 30.1. The Morgan fingerprint density at radius 3 is 2.64 bits per heavy atom. The fourth-order valence-electron chi connectivity index (χ4n) is 3.98. The number of nitrogens with zero attached hydrogens (tertiary/aromatic N) is 2. The van der Waals surface area contributed by atoms with E-state index in [9.17, 15) is 13.5 Å². The highest BCUT2D eigenvalue weighted by atomic mass is 35.5. The number of H-pyrrole nitrogens is 1. The van der Waals surface area contributed by atoms with E-state index in [0.717, 1.165) is 31.8 Å². The van der Waals surface area contributed by atoms with E-state index >= 15 is 0 Å². The van der Waals surface area contributed by atoms with Crippen LogP contribution in [-0.2, 0) is 15.6 Å². The minimum absolute atomic E-state index is 0.0361. The summed E-state index contributed by atoms with van der Waals surface area (Å²) >= 11 is 8.00. The number of rotatable bonds is 7. The Bertz CT molecular complexity index is 1640. The Kier molecular flexibility index (Phi) is 6.44. The van der Waals surface area contributed by atoms with Crippen LogP contribution in [-0.4, -0.2) is 28.7 Å². The first-order chi connectivity index (χ1) is 17.1. The summed E-state index contributed by atoms with van der Waals surface area (Å²) in [6.07, 6.45) is 4.27. The van der Waals surface area contributed by atoms with Crippen molar-refractivity contribution in [2.75, 3.05) is 0 Å². The van der Waals surface area contributed by atoms with Gasteiger partial charge in [0.2, 0.25) is 10.0 Å². The molecular formula is C26H23ClN4O3S2.